The second-order valence-electron chi connectivity index (χ2n) is 4.86. The maximum atomic E-state index is 12.1. The Hall–Kier alpha value is -2.04. The van der Waals surface area contributed by atoms with Gasteiger partial charge in [0.05, 0.1) is 18.3 Å². The molecule has 0 saturated carbocycles. The summed E-state index contributed by atoms with van der Waals surface area (Å²) >= 11 is 0. The van der Waals surface area contributed by atoms with Crippen LogP contribution in [0.5, 0.6) is 5.75 Å². The number of hydrogen-bond acceptors (Lipinski definition) is 3. The standard InChI is InChI=1S/C14H18N2O3/c1-10(2)19-12-7-5-4-6-11(12)16-9-13(17)15(3)8-14(16)18/h4-7,10H,8-9H2,1-3H3. The Morgan fingerprint density at radius 3 is 2.47 bits per heavy atom. The molecule has 0 unspecified atom stereocenters. The monoisotopic (exact) mass is 262 g/mol. The Kier molecular flexibility index (Phi) is 3.74. The summed E-state index contributed by atoms with van der Waals surface area (Å²) in [5.74, 6) is 0.462. The van der Waals surface area contributed by atoms with Gasteiger partial charge in [-0.25, -0.2) is 0 Å². The maximum Gasteiger partial charge on any atom is 0.247 e. The van der Waals surface area contributed by atoms with Crippen LogP contribution >= 0.6 is 0 Å². The predicted molar refractivity (Wildman–Crippen MR) is 72.2 cm³/mol. The summed E-state index contributed by atoms with van der Waals surface area (Å²) in [5, 5.41) is 0. The lowest BCUT2D eigenvalue weighted by Gasteiger charge is -2.32. The fraction of sp³-hybridized carbons (Fsp3) is 0.429. The molecule has 0 spiro atoms. The molecule has 1 aliphatic heterocycles. The number of hydrogen-bond donors (Lipinski definition) is 0. The molecule has 1 heterocycles. The Bertz CT molecular complexity index is 499. The number of piperazine rings is 1. The molecule has 2 rings (SSSR count). The van der Waals surface area contributed by atoms with E-state index in [1.807, 2.05) is 32.0 Å². The Balaban J connectivity index is 2.30. The van der Waals surface area contributed by atoms with Gasteiger partial charge in [-0.05, 0) is 26.0 Å². The number of amides is 2. The van der Waals surface area contributed by atoms with Gasteiger partial charge in [-0.1, -0.05) is 12.1 Å². The van der Waals surface area contributed by atoms with E-state index >= 15 is 0 Å². The molecule has 0 atom stereocenters. The summed E-state index contributed by atoms with van der Waals surface area (Å²) in [6, 6.07) is 7.29. The van der Waals surface area contributed by atoms with E-state index in [0.717, 1.165) is 0 Å². The third-order valence-corrected chi connectivity index (χ3v) is 2.91. The molecule has 1 saturated heterocycles. The van der Waals surface area contributed by atoms with Crippen LogP contribution in [-0.2, 0) is 9.59 Å². The Labute approximate surface area is 112 Å². The van der Waals surface area contributed by atoms with Crippen LogP contribution in [-0.4, -0.2) is 43.0 Å². The predicted octanol–water partition coefficient (Wildman–Crippen LogP) is 1.28. The van der Waals surface area contributed by atoms with Crippen molar-refractivity contribution in [3.05, 3.63) is 24.3 Å². The Morgan fingerprint density at radius 1 is 1.11 bits per heavy atom. The zero-order chi connectivity index (χ0) is 14.0. The third kappa shape index (κ3) is 2.86. The molecule has 5 heteroatoms. The van der Waals surface area contributed by atoms with Gasteiger partial charge in [-0.2, -0.15) is 0 Å². The average Bonchev–Trinajstić information content (AvgIpc) is 2.34. The number of rotatable bonds is 3. The van der Waals surface area contributed by atoms with Crippen molar-refractivity contribution in [2.24, 2.45) is 0 Å². The summed E-state index contributed by atoms with van der Waals surface area (Å²) in [4.78, 5) is 26.7. The average molecular weight is 262 g/mol. The number of carbonyl (C=O) groups excluding carboxylic acids is 2. The Morgan fingerprint density at radius 2 is 1.79 bits per heavy atom. The second kappa shape index (κ2) is 5.30. The molecule has 0 aromatic heterocycles. The second-order valence-corrected chi connectivity index (χ2v) is 4.86. The van der Waals surface area contributed by atoms with Crippen LogP contribution < -0.4 is 9.64 Å². The highest BCUT2D eigenvalue weighted by atomic mass is 16.5. The van der Waals surface area contributed by atoms with E-state index in [4.69, 9.17) is 4.74 Å². The first-order valence-corrected chi connectivity index (χ1v) is 6.29. The minimum atomic E-state index is -0.0955. The van der Waals surface area contributed by atoms with Gasteiger partial charge in [0.15, 0.2) is 0 Å². The highest BCUT2D eigenvalue weighted by Gasteiger charge is 2.30. The zero-order valence-corrected chi connectivity index (χ0v) is 11.4. The van der Waals surface area contributed by atoms with E-state index in [1.165, 1.54) is 9.80 Å². The summed E-state index contributed by atoms with van der Waals surface area (Å²) in [7, 11) is 1.63. The van der Waals surface area contributed by atoms with Crippen molar-refractivity contribution in [3.8, 4) is 5.75 Å². The topological polar surface area (TPSA) is 49.9 Å². The van der Waals surface area contributed by atoms with Gasteiger partial charge >= 0.3 is 0 Å². The molecule has 19 heavy (non-hydrogen) atoms. The van der Waals surface area contributed by atoms with Crippen molar-refractivity contribution in [2.45, 2.75) is 20.0 Å². The summed E-state index contributed by atoms with van der Waals surface area (Å²) in [6.07, 6.45) is 0.0133. The van der Waals surface area contributed by atoms with Crippen LogP contribution in [0.25, 0.3) is 0 Å². The van der Waals surface area contributed by atoms with E-state index in [0.29, 0.717) is 11.4 Å². The molecule has 0 aliphatic carbocycles. The molecule has 5 nitrogen and oxygen atoms in total. The minimum Gasteiger partial charge on any atom is -0.489 e. The largest absolute Gasteiger partial charge is 0.489 e. The van der Waals surface area contributed by atoms with E-state index in [2.05, 4.69) is 0 Å². The van der Waals surface area contributed by atoms with Gasteiger partial charge in [-0.3, -0.25) is 14.5 Å². The number of nitrogens with zero attached hydrogens (tertiary/aromatic N) is 2. The van der Waals surface area contributed by atoms with Crippen LogP contribution in [0.3, 0.4) is 0 Å². The summed E-state index contributed by atoms with van der Waals surface area (Å²) in [6.45, 7) is 4.02. The lowest BCUT2D eigenvalue weighted by atomic mass is 10.2. The molecule has 0 bridgehead atoms. The molecule has 0 radical (unpaired) electrons. The summed E-state index contributed by atoms with van der Waals surface area (Å²) < 4.78 is 5.69. The van der Waals surface area contributed by atoms with E-state index in [-0.39, 0.29) is 31.0 Å². The number of benzene rings is 1. The highest BCUT2D eigenvalue weighted by molar-refractivity contribution is 6.05. The number of ether oxygens (including phenoxy) is 1. The van der Waals surface area contributed by atoms with Crippen LogP contribution in [0.15, 0.2) is 24.3 Å². The number of carbonyl (C=O) groups is 2. The molecule has 1 aromatic rings. The molecule has 1 fully saturated rings. The number of likely N-dealkylation sites (N-methyl/N-ethyl adjacent to an activating group) is 1. The van der Waals surface area contributed by atoms with E-state index in [1.54, 1.807) is 13.1 Å². The lowest BCUT2D eigenvalue weighted by molar-refractivity contribution is -0.136. The maximum absolute atomic E-state index is 12.1. The fourth-order valence-electron chi connectivity index (χ4n) is 1.97. The van der Waals surface area contributed by atoms with Crippen molar-refractivity contribution >= 4 is 17.5 Å². The fourth-order valence-corrected chi connectivity index (χ4v) is 1.97. The summed E-state index contributed by atoms with van der Waals surface area (Å²) in [5.41, 5.74) is 0.655. The first-order chi connectivity index (χ1) is 8.99. The van der Waals surface area contributed by atoms with Crippen LogP contribution in [0, 0.1) is 0 Å². The van der Waals surface area contributed by atoms with Crippen molar-refractivity contribution in [3.63, 3.8) is 0 Å². The van der Waals surface area contributed by atoms with Crippen molar-refractivity contribution in [1.29, 1.82) is 0 Å². The highest BCUT2D eigenvalue weighted by Crippen LogP contribution is 2.30. The van der Waals surface area contributed by atoms with Gasteiger partial charge < -0.3 is 9.64 Å². The molecular formula is C14H18N2O3. The molecule has 0 N–H and O–H groups in total. The van der Waals surface area contributed by atoms with E-state index < -0.39 is 0 Å². The molecule has 2 amide bonds. The van der Waals surface area contributed by atoms with E-state index in [9.17, 15) is 9.59 Å². The first-order valence-electron chi connectivity index (χ1n) is 6.29. The SMILES string of the molecule is CC(C)Oc1ccccc1N1CC(=O)N(C)CC1=O. The molecule has 1 aromatic carbocycles. The van der Waals surface area contributed by atoms with Crippen molar-refractivity contribution < 1.29 is 14.3 Å². The van der Waals surface area contributed by atoms with Gasteiger partial charge in [-0.15, -0.1) is 0 Å². The molecule has 1 aliphatic rings. The number of anilines is 1. The van der Waals surface area contributed by atoms with Gasteiger partial charge in [0.1, 0.15) is 12.3 Å². The van der Waals surface area contributed by atoms with Crippen LogP contribution in [0.2, 0.25) is 0 Å². The normalized spacial score (nSPS) is 16.2. The van der Waals surface area contributed by atoms with Crippen molar-refractivity contribution in [2.75, 3.05) is 25.0 Å². The molecule has 102 valence electrons. The van der Waals surface area contributed by atoms with Crippen LogP contribution in [0.1, 0.15) is 13.8 Å². The minimum absolute atomic E-state index is 0.0133. The zero-order valence-electron chi connectivity index (χ0n) is 11.4. The number of para-hydroxylation sites is 2. The smallest absolute Gasteiger partial charge is 0.247 e. The lowest BCUT2D eigenvalue weighted by Crippen LogP contribution is -2.52. The molecular weight excluding hydrogens is 244 g/mol. The van der Waals surface area contributed by atoms with Crippen LogP contribution in [0.4, 0.5) is 5.69 Å². The quantitative estimate of drug-likeness (QED) is 0.824. The van der Waals surface area contributed by atoms with Crippen molar-refractivity contribution in [1.82, 2.24) is 4.90 Å². The third-order valence-electron chi connectivity index (χ3n) is 2.91. The van der Waals surface area contributed by atoms with Gasteiger partial charge in [0.2, 0.25) is 11.8 Å². The first kappa shape index (κ1) is 13.4. The van der Waals surface area contributed by atoms with Gasteiger partial charge in [0, 0.05) is 7.05 Å². The van der Waals surface area contributed by atoms with Gasteiger partial charge in [0.25, 0.3) is 0 Å².